The lowest BCUT2D eigenvalue weighted by Gasteiger charge is -2.19. The van der Waals surface area contributed by atoms with E-state index in [0.717, 1.165) is 12.0 Å². The lowest BCUT2D eigenvalue weighted by atomic mass is 10.2. The number of benzene rings is 1. The molecular weight excluding hydrogens is 256 g/mol. The number of aromatic nitrogens is 2. The summed E-state index contributed by atoms with van der Waals surface area (Å²) in [6, 6.07) is 9.41. The van der Waals surface area contributed by atoms with Crippen LogP contribution in [0.2, 0.25) is 0 Å². The number of nitrogens with zero attached hydrogens (tertiary/aromatic N) is 3. The standard InChI is InChI=1S/C14H16N4O2/c1-10-12(9-19)14(17(2)8-13(15)20)18(16-10)11-6-4-3-5-7-11/h3-7,9H,8H2,1-2H3,(H2,15,20). The molecule has 0 saturated carbocycles. The van der Waals surface area contributed by atoms with Gasteiger partial charge in [0.15, 0.2) is 6.29 Å². The summed E-state index contributed by atoms with van der Waals surface area (Å²) in [5.74, 6) is 0.0883. The highest BCUT2D eigenvalue weighted by Crippen LogP contribution is 2.24. The Labute approximate surface area is 116 Å². The SMILES string of the molecule is Cc1nn(-c2ccccc2)c(N(C)CC(N)=O)c1C=O. The predicted octanol–water partition coefficient (Wildman–Crippen LogP) is 0.915. The second-order valence-corrected chi connectivity index (χ2v) is 4.51. The van der Waals surface area contributed by atoms with Crippen molar-refractivity contribution in [2.45, 2.75) is 6.92 Å². The van der Waals surface area contributed by atoms with E-state index in [4.69, 9.17) is 5.73 Å². The molecule has 0 aliphatic rings. The number of likely N-dealkylation sites (N-methyl/N-ethyl adjacent to an activating group) is 1. The van der Waals surface area contributed by atoms with Gasteiger partial charge in [0.2, 0.25) is 5.91 Å². The summed E-state index contributed by atoms with van der Waals surface area (Å²) in [6.45, 7) is 1.77. The van der Waals surface area contributed by atoms with Crippen LogP contribution in [-0.4, -0.2) is 35.6 Å². The Hall–Kier alpha value is -2.63. The summed E-state index contributed by atoms with van der Waals surface area (Å²) in [5, 5.41) is 4.37. The van der Waals surface area contributed by atoms with Crippen molar-refractivity contribution in [3.05, 3.63) is 41.6 Å². The zero-order valence-electron chi connectivity index (χ0n) is 11.4. The Morgan fingerprint density at radius 2 is 2.05 bits per heavy atom. The van der Waals surface area contributed by atoms with Crippen LogP contribution in [0.5, 0.6) is 0 Å². The van der Waals surface area contributed by atoms with E-state index in [0.29, 0.717) is 17.1 Å². The first kappa shape index (κ1) is 13.8. The van der Waals surface area contributed by atoms with Crippen LogP contribution in [0, 0.1) is 6.92 Å². The number of carbonyl (C=O) groups is 2. The number of amides is 1. The number of rotatable bonds is 5. The van der Waals surface area contributed by atoms with Crippen LogP contribution in [0.25, 0.3) is 5.69 Å². The van der Waals surface area contributed by atoms with Gasteiger partial charge in [-0.05, 0) is 19.1 Å². The largest absolute Gasteiger partial charge is 0.368 e. The van der Waals surface area contributed by atoms with Crippen molar-refractivity contribution in [3.8, 4) is 5.69 Å². The fourth-order valence-corrected chi connectivity index (χ4v) is 2.09. The fraction of sp³-hybridized carbons (Fsp3) is 0.214. The van der Waals surface area contributed by atoms with Crippen molar-refractivity contribution in [1.29, 1.82) is 0 Å². The lowest BCUT2D eigenvalue weighted by Crippen LogP contribution is -2.32. The smallest absolute Gasteiger partial charge is 0.236 e. The number of primary amides is 1. The van der Waals surface area contributed by atoms with Crippen LogP contribution < -0.4 is 10.6 Å². The Bertz CT molecular complexity index is 634. The molecule has 1 aromatic carbocycles. The average molecular weight is 272 g/mol. The van der Waals surface area contributed by atoms with Gasteiger partial charge in [0.1, 0.15) is 5.82 Å². The highest BCUT2D eigenvalue weighted by atomic mass is 16.1. The van der Waals surface area contributed by atoms with E-state index in [2.05, 4.69) is 5.10 Å². The van der Waals surface area contributed by atoms with Crippen molar-refractivity contribution in [2.24, 2.45) is 5.73 Å². The summed E-state index contributed by atoms with van der Waals surface area (Å²) in [6.07, 6.45) is 0.745. The molecule has 1 heterocycles. The van der Waals surface area contributed by atoms with E-state index in [1.807, 2.05) is 30.3 Å². The second-order valence-electron chi connectivity index (χ2n) is 4.51. The van der Waals surface area contributed by atoms with E-state index in [1.165, 1.54) is 0 Å². The summed E-state index contributed by atoms with van der Waals surface area (Å²) >= 11 is 0. The maximum Gasteiger partial charge on any atom is 0.236 e. The first-order valence-electron chi connectivity index (χ1n) is 6.14. The molecule has 0 unspecified atom stereocenters. The summed E-state index contributed by atoms with van der Waals surface area (Å²) < 4.78 is 1.64. The quantitative estimate of drug-likeness (QED) is 0.820. The Morgan fingerprint density at radius 1 is 1.40 bits per heavy atom. The van der Waals surface area contributed by atoms with Crippen LogP contribution in [0.1, 0.15) is 16.1 Å². The van der Waals surface area contributed by atoms with E-state index in [-0.39, 0.29) is 6.54 Å². The van der Waals surface area contributed by atoms with Gasteiger partial charge in [-0.2, -0.15) is 5.10 Å². The molecule has 0 spiro atoms. The van der Waals surface area contributed by atoms with Gasteiger partial charge >= 0.3 is 0 Å². The number of para-hydroxylation sites is 1. The third-order valence-electron chi connectivity index (χ3n) is 2.95. The van der Waals surface area contributed by atoms with Crippen molar-refractivity contribution in [2.75, 3.05) is 18.5 Å². The first-order valence-corrected chi connectivity index (χ1v) is 6.14. The van der Waals surface area contributed by atoms with Crippen molar-refractivity contribution in [3.63, 3.8) is 0 Å². The predicted molar refractivity (Wildman–Crippen MR) is 76.2 cm³/mol. The van der Waals surface area contributed by atoms with Gasteiger partial charge in [0.05, 0.1) is 23.5 Å². The molecule has 2 rings (SSSR count). The van der Waals surface area contributed by atoms with Crippen LogP contribution in [0.3, 0.4) is 0 Å². The van der Waals surface area contributed by atoms with Gasteiger partial charge in [-0.3, -0.25) is 9.59 Å². The van der Waals surface area contributed by atoms with Gasteiger partial charge in [-0.1, -0.05) is 18.2 Å². The molecule has 0 saturated heterocycles. The first-order chi connectivity index (χ1) is 9.54. The third kappa shape index (κ3) is 2.54. The topological polar surface area (TPSA) is 81.2 Å². The fourth-order valence-electron chi connectivity index (χ4n) is 2.09. The number of hydrogen-bond donors (Lipinski definition) is 1. The highest BCUT2D eigenvalue weighted by molar-refractivity contribution is 5.87. The Kier molecular flexibility index (Phi) is 3.84. The average Bonchev–Trinajstić information content (AvgIpc) is 2.75. The van der Waals surface area contributed by atoms with Crippen LogP contribution in [0.4, 0.5) is 5.82 Å². The zero-order valence-corrected chi connectivity index (χ0v) is 11.4. The number of aldehydes is 1. The minimum Gasteiger partial charge on any atom is -0.368 e. The van der Waals surface area contributed by atoms with Crippen LogP contribution >= 0.6 is 0 Å². The molecule has 1 aromatic heterocycles. The van der Waals surface area contributed by atoms with E-state index >= 15 is 0 Å². The highest BCUT2D eigenvalue weighted by Gasteiger charge is 2.20. The van der Waals surface area contributed by atoms with Crippen LogP contribution in [-0.2, 0) is 4.79 Å². The molecule has 2 aromatic rings. The third-order valence-corrected chi connectivity index (χ3v) is 2.95. The molecule has 0 bridgehead atoms. The Balaban J connectivity index is 2.58. The minimum atomic E-state index is -0.470. The summed E-state index contributed by atoms with van der Waals surface area (Å²) in [5.41, 5.74) is 7.10. The molecule has 0 radical (unpaired) electrons. The number of nitrogens with two attached hydrogens (primary N) is 1. The summed E-state index contributed by atoms with van der Waals surface area (Å²) in [7, 11) is 1.70. The summed E-state index contributed by atoms with van der Waals surface area (Å²) in [4.78, 5) is 24.0. The number of aryl methyl sites for hydroxylation is 1. The molecule has 6 heteroatoms. The second kappa shape index (κ2) is 5.56. The van der Waals surface area contributed by atoms with Crippen molar-refractivity contribution < 1.29 is 9.59 Å². The maximum atomic E-state index is 11.3. The van der Waals surface area contributed by atoms with E-state index in [9.17, 15) is 9.59 Å². The molecule has 0 aliphatic carbocycles. The Morgan fingerprint density at radius 3 is 2.60 bits per heavy atom. The molecule has 2 N–H and O–H groups in total. The maximum absolute atomic E-state index is 11.3. The van der Waals surface area contributed by atoms with Gasteiger partial charge < -0.3 is 10.6 Å². The van der Waals surface area contributed by atoms with Gasteiger partial charge in [-0.25, -0.2) is 4.68 Å². The number of hydrogen-bond acceptors (Lipinski definition) is 4. The molecule has 0 fully saturated rings. The van der Waals surface area contributed by atoms with E-state index < -0.39 is 5.91 Å². The van der Waals surface area contributed by atoms with Crippen molar-refractivity contribution in [1.82, 2.24) is 9.78 Å². The van der Waals surface area contributed by atoms with Crippen LogP contribution in [0.15, 0.2) is 30.3 Å². The zero-order chi connectivity index (χ0) is 14.7. The normalized spacial score (nSPS) is 10.3. The van der Waals surface area contributed by atoms with Gasteiger partial charge in [0, 0.05) is 7.05 Å². The molecule has 0 aliphatic heterocycles. The molecular formula is C14H16N4O2. The molecule has 0 atom stereocenters. The monoisotopic (exact) mass is 272 g/mol. The van der Waals surface area contributed by atoms with Crippen molar-refractivity contribution >= 4 is 18.0 Å². The van der Waals surface area contributed by atoms with Gasteiger partial charge in [0.25, 0.3) is 0 Å². The molecule has 104 valence electrons. The number of anilines is 1. The van der Waals surface area contributed by atoms with E-state index in [1.54, 1.807) is 23.6 Å². The number of carbonyl (C=O) groups excluding carboxylic acids is 2. The molecule has 20 heavy (non-hydrogen) atoms. The molecule has 6 nitrogen and oxygen atoms in total. The molecule has 1 amide bonds. The lowest BCUT2D eigenvalue weighted by molar-refractivity contribution is -0.116. The minimum absolute atomic E-state index is 0.0127. The van der Waals surface area contributed by atoms with Gasteiger partial charge in [-0.15, -0.1) is 0 Å².